The third kappa shape index (κ3) is 3.47. The Balaban J connectivity index is 1.41. The van der Waals surface area contributed by atoms with Crippen molar-refractivity contribution in [3.05, 3.63) is 18.3 Å². The van der Waals surface area contributed by atoms with E-state index in [0.717, 1.165) is 26.2 Å². The monoisotopic (exact) mass is 398 g/mol. The minimum absolute atomic E-state index is 0.0319. The molecule has 2 heterocycles. The minimum Gasteiger partial charge on any atom is -0.465 e. The molecule has 154 valence electrons. The van der Waals surface area contributed by atoms with Crippen LogP contribution in [-0.2, 0) is 4.79 Å². The Morgan fingerprint density at radius 2 is 1.89 bits per heavy atom. The van der Waals surface area contributed by atoms with E-state index in [2.05, 4.69) is 4.98 Å². The summed E-state index contributed by atoms with van der Waals surface area (Å²) in [4.78, 5) is 18.7. The Bertz CT molecular complexity index is 738. The Morgan fingerprint density at radius 1 is 1.21 bits per heavy atom. The summed E-state index contributed by atoms with van der Waals surface area (Å²) in [5.74, 6) is 0.305. The van der Waals surface area contributed by atoms with Gasteiger partial charge in [-0.25, -0.2) is 4.98 Å². The smallest absolute Gasteiger partial charge is 0.425 e. The molecule has 1 aliphatic heterocycles. The maximum absolute atomic E-state index is 13.1. The number of halogens is 3. The van der Waals surface area contributed by atoms with Crippen molar-refractivity contribution in [2.75, 3.05) is 11.4 Å². The van der Waals surface area contributed by atoms with Crippen LogP contribution in [0.4, 0.5) is 18.9 Å². The molecule has 1 amide bonds. The van der Waals surface area contributed by atoms with Crippen LogP contribution in [0.2, 0.25) is 0 Å². The zero-order valence-corrected chi connectivity index (χ0v) is 15.8. The van der Waals surface area contributed by atoms with Gasteiger partial charge in [0.15, 0.2) is 6.10 Å². The standard InChI is InChI=1S/C20H25F3N2O3/c1-13(20(21,22)23)28-16-5-4-15(12-24-16)25-11-10-18(17(25)26)6-8-19(27,9-7-18)14-2-3-14/h4-5,12-14,27H,2-3,6-11H2,1H3/t13-,18-,19-/m0/s1. The molecule has 3 fully saturated rings. The highest BCUT2D eigenvalue weighted by atomic mass is 19.4. The number of alkyl halides is 3. The number of rotatable bonds is 4. The summed E-state index contributed by atoms with van der Waals surface area (Å²) >= 11 is 0. The molecular formula is C20H25F3N2O3. The van der Waals surface area contributed by atoms with Gasteiger partial charge in [-0.05, 0) is 63.9 Å². The number of aliphatic hydroxyl groups is 1. The Kier molecular flexibility index (Phi) is 4.60. The number of aromatic nitrogens is 1. The molecule has 5 nitrogen and oxygen atoms in total. The van der Waals surface area contributed by atoms with E-state index in [0.29, 0.717) is 43.8 Å². The van der Waals surface area contributed by atoms with E-state index in [4.69, 9.17) is 4.74 Å². The van der Waals surface area contributed by atoms with Crippen LogP contribution >= 0.6 is 0 Å². The summed E-state index contributed by atoms with van der Waals surface area (Å²) in [6, 6.07) is 2.94. The lowest BCUT2D eigenvalue weighted by atomic mass is 9.66. The predicted molar refractivity (Wildman–Crippen MR) is 95.9 cm³/mol. The summed E-state index contributed by atoms with van der Waals surface area (Å²) in [5, 5.41) is 10.8. The van der Waals surface area contributed by atoms with Gasteiger partial charge < -0.3 is 14.7 Å². The van der Waals surface area contributed by atoms with E-state index in [-0.39, 0.29) is 11.8 Å². The predicted octanol–water partition coefficient (Wildman–Crippen LogP) is 3.85. The maximum Gasteiger partial charge on any atom is 0.425 e. The third-order valence-electron chi connectivity index (χ3n) is 6.71. The second-order valence-corrected chi connectivity index (χ2v) is 8.52. The number of carbonyl (C=O) groups excluding carboxylic acids is 1. The summed E-state index contributed by atoms with van der Waals surface area (Å²) in [6.45, 7) is 1.48. The van der Waals surface area contributed by atoms with Gasteiger partial charge in [0, 0.05) is 12.6 Å². The van der Waals surface area contributed by atoms with Crippen molar-refractivity contribution >= 4 is 11.6 Å². The zero-order chi connectivity index (χ0) is 20.2. The average molecular weight is 398 g/mol. The first-order valence-corrected chi connectivity index (χ1v) is 9.87. The SMILES string of the molecule is C[C@H](Oc1ccc(N2CC[C@]3(CC[C@](O)(C4CC4)CC3)C2=O)cn1)C(F)(F)F. The normalized spacial score (nSPS) is 32.0. The van der Waals surface area contributed by atoms with E-state index >= 15 is 0 Å². The molecule has 1 aromatic rings. The van der Waals surface area contributed by atoms with Crippen LogP contribution in [-0.4, -0.2) is 40.4 Å². The fourth-order valence-corrected chi connectivity index (χ4v) is 4.57. The molecule has 1 saturated heterocycles. The number of carbonyl (C=O) groups is 1. The fraction of sp³-hybridized carbons (Fsp3) is 0.700. The molecule has 1 N–H and O–H groups in total. The van der Waals surface area contributed by atoms with Gasteiger partial charge in [-0.3, -0.25) is 4.79 Å². The quantitative estimate of drug-likeness (QED) is 0.837. The Hall–Kier alpha value is -1.83. The van der Waals surface area contributed by atoms with Crippen molar-refractivity contribution < 1.29 is 27.8 Å². The van der Waals surface area contributed by atoms with Gasteiger partial charge in [0.05, 0.1) is 22.9 Å². The molecule has 0 unspecified atom stereocenters. The highest BCUT2D eigenvalue weighted by Crippen LogP contribution is 2.54. The zero-order valence-electron chi connectivity index (χ0n) is 15.8. The van der Waals surface area contributed by atoms with Gasteiger partial charge in [0.1, 0.15) is 0 Å². The highest BCUT2D eigenvalue weighted by molar-refractivity contribution is 5.99. The van der Waals surface area contributed by atoms with Crippen molar-refractivity contribution in [1.82, 2.24) is 4.98 Å². The fourth-order valence-electron chi connectivity index (χ4n) is 4.57. The molecule has 0 radical (unpaired) electrons. The second kappa shape index (κ2) is 6.61. The van der Waals surface area contributed by atoms with Crippen molar-refractivity contribution in [3.8, 4) is 5.88 Å². The number of anilines is 1. The van der Waals surface area contributed by atoms with Crippen molar-refractivity contribution in [2.24, 2.45) is 11.3 Å². The van der Waals surface area contributed by atoms with Gasteiger partial charge in [-0.1, -0.05) is 0 Å². The van der Waals surface area contributed by atoms with E-state index in [1.54, 1.807) is 11.0 Å². The number of hydrogen-bond donors (Lipinski definition) is 1. The van der Waals surface area contributed by atoms with Crippen LogP contribution in [0.15, 0.2) is 18.3 Å². The van der Waals surface area contributed by atoms with Gasteiger partial charge in [0.25, 0.3) is 0 Å². The van der Waals surface area contributed by atoms with Crippen LogP contribution in [0.1, 0.15) is 51.9 Å². The molecule has 2 aliphatic carbocycles. The lowest BCUT2D eigenvalue weighted by Crippen LogP contribution is -2.44. The molecular weight excluding hydrogens is 373 g/mol. The van der Waals surface area contributed by atoms with Crippen LogP contribution in [0, 0.1) is 11.3 Å². The molecule has 4 rings (SSSR count). The average Bonchev–Trinajstić information content (AvgIpc) is 3.45. The summed E-state index contributed by atoms with van der Waals surface area (Å²) in [5.41, 5.74) is -0.465. The molecule has 28 heavy (non-hydrogen) atoms. The number of nitrogens with zero attached hydrogens (tertiary/aromatic N) is 2. The molecule has 0 aromatic carbocycles. The van der Waals surface area contributed by atoms with E-state index in [1.807, 2.05) is 0 Å². The third-order valence-corrected chi connectivity index (χ3v) is 6.71. The first-order chi connectivity index (χ1) is 13.1. The first kappa shape index (κ1) is 19.5. The van der Waals surface area contributed by atoms with Crippen LogP contribution in [0.25, 0.3) is 0 Å². The summed E-state index contributed by atoms with van der Waals surface area (Å²) < 4.78 is 42.6. The van der Waals surface area contributed by atoms with Crippen LogP contribution in [0.5, 0.6) is 5.88 Å². The van der Waals surface area contributed by atoms with Gasteiger partial charge >= 0.3 is 6.18 Å². The van der Waals surface area contributed by atoms with Crippen molar-refractivity contribution in [3.63, 3.8) is 0 Å². The molecule has 1 aromatic heterocycles. The van der Waals surface area contributed by atoms with Crippen molar-refractivity contribution in [2.45, 2.75) is 69.8 Å². The number of hydrogen-bond acceptors (Lipinski definition) is 4. The van der Waals surface area contributed by atoms with Crippen LogP contribution in [0.3, 0.4) is 0 Å². The topological polar surface area (TPSA) is 62.7 Å². The van der Waals surface area contributed by atoms with Gasteiger partial charge in [0.2, 0.25) is 11.8 Å². The number of pyridine rings is 1. The first-order valence-electron chi connectivity index (χ1n) is 9.87. The number of ether oxygens (including phenoxy) is 1. The molecule has 8 heteroatoms. The van der Waals surface area contributed by atoms with Gasteiger partial charge in [-0.2, -0.15) is 13.2 Å². The lowest BCUT2D eigenvalue weighted by Gasteiger charge is -2.41. The molecule has 1 spiro atoms. The Labute approximate surface area is 161 Å². The molecule has 1 atom stereocenters. The van der Waals surface area contributed by atoms with E-state index in [1.165, 1.54) is 12.3 Å². The van der Waals surface area contributed by atoms with Crippen molar-refractivity contribution in [1.29, 1.82) is 0 Å². The maximum atomic E-state index is 13.1. The lowest BCUT2D eigenvalue weighted by molar-refractivity contribution is -0.189. The summed E-state index contributed by atoms with van der Waals surface area (Å²) in [6.07, 6.45) is 0.577. The largest absolute Gasteiger partial charge is 0.465 e. The van der Waals surface area contributed by atoms with Crippen LogP contribution < -0.4 is 9.64 Å². The Morgan fingerprint density at radius 3 is 2.43 bits per heavy atom. The van der Waals surface area contributed by atoms with Gasteiger partial charge in [-0.15, -0.1) is 0 Å². The van der Waals surface area contributed by atoms with E-state index in [9.17, 15) is 23.1 Å². The minimum atomic E-state index is -4.46. The molecule has 2 saturated carbocycles. The second-order valence-electron chi connectivity index (χ2n) is 8.52. The molecule has 0 bridgehead atoms. The summed E-state index contributed by atoms with van der Waals surface area (Å²) in [7, 11) is 0. The number of amides is 1. The van der Waals surface area contributed by atoms with E-state index < -0.39 is 23.3 Å². The molecule has 3 aliphatic rings. The highest BCUT2D eigenvalue weighted by Gasteiger charge is 2.54.